The van der Waals surface area contributed by atoms with E-state index in [9.17, 15) is 4.79 Å². The third-order valence-electron chi connectivity index (χ3n) is 1.13. The number of rotatable bonds is 5. The first-order valence-electron chi connectivity index (χ1n) is 3.78. The Labute approximate surface area is 72.7 Å². The van der Waals surface area contributed by atoms with E-state index in [-0.39, 0.29) is 5.76 Å². The lowest BCUT2D eigenvalue weighted by Gasteiger charge is -2.05. The van der Waals surface area contributed by atoms with Crippen molar-refractivity contribution in [3.05, 3.63) is 24.5 Å². The van der Waals surface area contributed by atoms with Gasteiger partial charge in [-0.15, -0.1) is 0 Å². The van der Waals surface area contributed by atoms with E-state index < -0.39 is 5.97 Å². The predicted octanol–water partition coefficient (Wildman–Crippen LogP) is 1.66. The number of methoxy groups -OCH3 is 1. The van der Waals surface area contributed by atoms with Crippen LogP contribution in [0.25, 0.3) is 0 Å². The zero-order valence-corrected chi connectivity index (χ0v) is 7.50. The van der Waals surface area contributed by atoms with Crippen LogP contribution in [0.3, 0.4) is 0 Å². The van der Waals surface area contributed by atoms with Crippen LogP contribution in [0.1, 0.15) is 13.3 Å². The number of ether oxygens (including phenoxy) is 2. The Hall–Kier alpha value is -1.25. The minimum atomic E-state index is -0.446. The maximum atomic E-state index is 11.0. The molecule has 0 unspecified atom stereocenters. The Balaban J connectivity index is 4.13. The molecule has 0 bridgehead atoms. The van der Waals surface area contributed by atoms with Gasteiger partial charge < -0.3 is 9.47 Å². The lowest BCUT2D eigenvalue weighted by molar-refractivity contribution is -0.139. The highest BCUT2D eigenvalue weighted by atomic mass is 16.6. The Morgan fingerprint density at radius 1 is 1.58 bits per heavy atom. The van der Waals surface area contributed by atoms with E-state index in [1.165, 1.54) is 7.11 Å². The van der Waals surface area contributed by atoms with Crippen LogP contribution in [0.5, 0.6) is 0 Å². The monoisotopic (exact) mass is 170 g/mol. The van der Waals surface area contributed by atoms with Crippen molar-refractivity contribution in [2.24, 2.45) is 0 Å². The zero-order valence-electron chi connectivity index (χ0n) is 7.50. The summed E-state index contributed by atoms with van der Waals surface area (Å²) >= 11 is 0. The van der Waals surface area contributed by atoms with Gasteiger partial charge in [-0.1, -0.05) is 19.6 Å². The molecule has 0 aromatic rings. The second-order valence-corrected chi connectivity index (χ2v) is 2.07. The van der Waals surface area contributed by atoms with Crippen LogP contribution < -0.4 is 0 Å². The van der Waals surface area contributed by atoms with Crippen molar-refractivity contribution in [3.8, 4) is 0 Å². The van der Waals surface area contributed by atoms with Gasteiger partial charge in [-0.05, 0) is 12.5 Å². The Morgan fingerprint density at radius 3 is 2.67 bits per heavy atom. The molecule has 0 spiro atoms. The molecule has 3 heteroatoms. The highest BCUT2D eigenvalue weighted by Crippen LogP contribution is 2.01. The molecule has 0 aliphatic heterocycles. The van der Waals surface area contributed by atoms with E-state index >= 15 is 0 Å². The predicted molar refractivity (Wildman–Crippen MR) is 46.5 cm³/mol. The van der Waals surface area contributed by atoms with Gasteiger partial charge >= 0.3 is 5.97 Å². The molecular weight excluding hydrogens is 156 g/mol. The van der Waals surface area contributed by atoms with Gasteiger partial charge in [0.05, 0.1) is 7.11 Å². The second-order valence-electron chi connectivity index (χ2n) is 2.07. The highest BCUT2D eigenvalue weighted by molar-refractivity contribution is 5.86. The summed E-state index contributed by atoms with van der Waals surface area (Å²) in [6, 6.07) is 0. The maximum absolute atomic E-state index is 11.0. The third-order valence-corrected chi connectivity index (χ3v) is 1.13. The molecule has 0 N–H and O–H groups in total. The van der Waals surface area contributed by atoms with Crippen LogP contribution in [-0.4, -0.2) is 19.7 Å². The quantitative estimate of drug-likeness (QED) is 0.272. The maximum Gasteiger partial charge on any atom is 0.372 e. The minimum Gasteiger partial charge on any atom is -0.483 e. The number of hydrogen-bond acceptors (Lipinski definition) is 3. The van der Waals surface area contributed by atoms with Crippen molar-refractivity contribution in [2.75, 3.05) is 13.7 Å². The molecule has 0 aromatic heterocycles. The molecular formula is C9H14O3. The molecule has 0 fully saturated rings. The summed E-state index contributed by atoms with van der Waals surface area (Å²) in [6.45, 7) is 5.71. The van der Waals surface area contributed by atoms with Crippen molar-refractivity contribution in [1.82, 2.24) is 0 Å². The molecule has 68 valence electrons. The minimum absolute atomic E-state index is 0.250. The average molecular weight is 170 g/mol. The SMILES string of the molecule is C=CCO/C(=C\CC)C(=O)OC. The van der Waals surface area contributed by atoms with E-state index in [1.807, 2.05) is 6.92 Å². The molecule has 0 aliphatic rings. The van der Waals surface area contributed by atoms with Crippen LogP contribution in [0.4, 0.5) is 0 Å². The summed E-state index contributed by atoms with van der Waals surface area (Å²) in [4.78, 5) is 11.0. The van der Waals surface area contributed by atoms with Crippen molar-refractivity contribution in [2.45, 2.75) is 13.3 Å². The summed E-state index contributed by atoms with van der Waals surface area (Å²) < 4.78 is 9.55. The fraction of sp³-hybridized carbons (Fsp3) is 0.444. The molecule has 12 heavy (non-hydrogen) atoms. The molecule has 0 saturated heterocycles. The van der Waals surface area contributed by atoms with Gasteiger partial charge in [0.1, 0.15) is 6.61 Å². The molecule has 0 heterocycles. The molecule has 3 nitrogen and oxygen atoms in total. The van der Waals surface area contributed by atoms with Crippen LogP contribution in [-0.2, 0) is 14.3 Å². The van der Waals surface area contributed by atoms with Crippen molar-refractivity contribution < 1.29 is 14.3 Å². The number of carbonyl (C=O) groups is 1. The van der Waals surface area contributed by atoms with Gasteiger partial charge in [-0.2, -0.15) is 0 Å². The van der Waals surface area contributed by atoms with Crippen LogP contribution in [0.2, 0.25) is 0 Å². The Kier molecular flexibility index (Phi) is 5.79. The molecule has 0 radical (unpaired) electrons. The summed E-state index contributed by atoms with van der Waals surface area (Å²) in [5.41, 5.74) is 0. The lowest BCUT2D eigenvalue weighted by atomic mass is 10.4. The number of carbonyl (C=O) groups excluding carboxylic acids is 1. The number of hydrogen-bond donors (Lipinski definition) is 0. The van der Waals surface area contributed by atoms with E-state index in [4.69, 9.17) is 4.74 Å². The van der Waals surface area contributed by atoms with Crippen LogP contribution >= 0.6 is 0 Å². The van der Waals surface area contributed by atoms with Crippen molar-refractivity contribution in [1.29, 1.82) is 0 Å². The fourth-order valence-electron chi connectivity index (χ4n) is 0.636. The van der Waals surface area contributed by atoms with Gasteiger partial charge in [0.15, 0.2) is 0 Å². The summed E-state index contributed by atoms with van der Waals surface area (Å²) in [6.07, 6.45) is 3.99. The molecule has 0 amide bonds. The van der Waals surface area contributed by atoms with E-state index in [0.717, 1.165) is 6.42 Å². The first kappa shape index (κ1) is 10.8. The Morgan fingerprint density at radius 2 is 2.25 bits per heavy atom. The van der Waals surface area contributed by atoms with Gasteiger partial charge in [0.25, 0.3) is 0 Å². The largest absolute Gasteiger partial charge is 0.483 e. The molecule has 0 atom stereocenters. The summed E-state index contributed by atoms with van der Waals surface area (Å²) in [7, 11) is 1.32. The van der Waals surface area contributed by atoms with E-state index in [0.29, 0.717) is 6.61 Å². The van der Waals surface area contributed by atoms with Gasteiger partial charge in [-0.3, -0.25) is 0 Å². The van der Waals surface area contributed by atoms with Crippen LogP contribution in [0.15, 0.2) is 24.5 Å². The zero-order chi connectivity index (χ0) is 9.40. The first-order valence-corrected chi connectivity index (χ1v) is 3.78. The third kappa shape index (κ3) is 3.81. The number of esters is 1. The van der Waals surface area contributed by atoms with Gasteiger partial charge in [-0.25, -0.2) is 4.79 Å². The van der Waals surface area contributed by atoms with E-state index in [1.54, 1.807) is 12.2 Å². The topological polar surface area (TPSA) is 35.5 Å². The first-order chi connectivity index (χ1) is 5.76. The summed E-state index contributed by atoms with van der Waals surface area (Å²) in [5.74, 6) is -0.196. The van der Waals surface area contributed by atoms with Crippen LogP contribution in [0, 0.1) is 0 Å². The van der Waals surface area contributed by atoms with Crippen molar-refractivity contribution in [3.63, 3.8) is 0 Å². The summed E-state index contributed by atoms with van der Waals surface area (Å²) in [5, 5.41) is 0. The average Bonchev–Trinajstić information content (AvgIpc) is 2.11. The Bertz CT molecular complexity index is 182. The molecule has 0 rings (SSSR count). The fourth-order valence-corrected chi connectivity index (χ4v) is 0.636. The second kappa shape index (κ2) is 6.46. The van der Waals surface area contributed by atoms with Gasteiger partial charge in [0.2, 0.25) is 5.76 Å². The lowest BCUT2D eigenvalue weighted by Crippen LogP contribution is -2.08. The standard InChI is InChI=1S/C9H14O3/c1-4-6-8(9(10)11-3)12-7-5-2/h5-6H,2,4,7H2,1,3H3/b8-6-. The molecule has 0 aliphatic carbocycles. The van der Waals surface area contributed by atoms with Gasteiger partial charge in [0, 0.05) is 0 Å². The van der Waals surface area contributed by atoms with E-state index in [2.05, 4.69) is 11.3 Å². The number of allylic oxidation sites excluding steroid dienone is 1. The normalized spacial score (nSPS) is 10.7. The smallest absolute Gasteiger partial charge is 0.372 e. The molecule has 0 aromatic carbocycles. The molecule has 0 saturated carbocycles. The van der Waals surface area contributed by atoms with Crippen molar-refractivity contribution >= 4 is 5.97 Å². The highest BCUT2D eigenvalue weighted by Gasteiger charge is 2.08.